The van der Waals surface area contributed by atoms with Crippen molar-refractivity contribution in [2.24, 2.45) is 5.92 Å². The minimum Gasteiger partial charge on any atom is -0.323 e. The molecule has 1 atom stereocenters. The maximum absolute atomic E-state index is 11.8. The molecule has 0 aromatic heterocycles. The smallest absolute Gasteiger partial charge is 0.323 e. The molecule has 3 N–H and O–H groups in total. The average molecular weight is 627 g/mol. The van der Waals surface area contributed by atoms with Crippen molar-refractivity contribution in [2.75, 3.05) is 0 Å². The van der Waals surface area contributed by atoms with Gasteiger partial charge < -0.3 is 9.79 Å². The van der Waals surface area contributed by atoms with Crippen LogP contribution >= 0.6 is 7.60 Å². The van der Waals surface area contributed by atoms with E-state index in [0.29, 0.717) is 12.8 Å². The molecule has 0 saturated heterocycles. The fourth-order valence-corrected chi connectivity index (χ4v) is 6.92. The van der Waals surface area contributed by atoms with Gasteiger partial charge in [-0.3, -0.25) is 9.12 Å². The highest BCUT2D eigenvalue weighted by Gasteiger charge is 2.39. The van der Waals surface area contributed by atoms with Crippen molar-refractivity contribution in [3.05, 3.63) is 69.9 Å². The Hall–Kier alpha value is -1.50. The normalized spacial score (nSPS) is 15.4. The second-order valence-electron chi connectivity index (χ2n) is 12.4. The Labute approximate surface area is 257 Å². The summed E-state index contributed by atoms with van der Waals surface area (Å²) in [6, 6.07) is 0. The summed E-state index contributed by atoms with van der Waals surface area (Å²) in [5.41, 5.74) is 7.91. The minimum atomic E-state index is -4.99. The Morgan fingerprint density at radius 3 is 1.24 bits per heavy atom. The van der Waals surface area contributed by atoms with Crippen LogP contribution in [0.2, 0.25) is 0 Å². The lowest BCUT2D eigenvalue weighted by Crippen LogP contribution is -2.21. The Morgan fingerprint density at radius 1 is 0.595 bits per heavy atom. The van der Waals surface area contributed by atoms with Crippen LogP contribution in [0.3, 0.4) is 0 Å². The van der Waals surface area contributed by atoms with E-state index in [1.165, 1.54) is 33.4 Å². The fraction of sp³-hybridized carbons (Fsp3) is 0.647. The molecule has 0 aliphatic carbocycles. The summed E-state index contributed by atoms with van der Waals surface area (Å²) in [4.78, 5) is 17.0. The third kappa shape index (κ3) is 22.1. The summed E-state index contributed by atoms with van der Waals surface area (Å²) in [7, 11) is -9.85. The van der Waals surface area contributed by atoms with E-state index in [9.17, 15) is 27.3 Å². The highest BCUT2D eigenvalue weighted by Crippen LogP contribution is 2.46. The van der Waals surface area contributed by atoms with E-state index >= 15 is 0 Å². The first kappa shape index (κ1) is 40.5. The van der Waals surface area contributed by atoms with Gasteiger partial charge in [0.05, 0.1) is 0 Å². The molecule has 0 aliphatic rings. The molecule has 0 spiro atoms. The molecule has 0 aromatic carbocycles. The zero-order valence-electron chi connectivity index (χ0n) is 27.5. The number of hydrogen-bond donors (Lipinski definition) is 3. The Balaban J connectivity index is 5.33. The molecule has 0 saturated carbocycles. The molecule has 0 amide bonds. The van der Waals surface area contributed by atoms with Crippen LogP contribution in [0.25, 0.3) is 0 Å². The van der Waals surface area contributed by atoms with Gasteiger partial charge in [-0.05, 0) is 138 Å². The van der Waals surface area contributed by atoms with Crippen LogP contribution in [-0.4, -0.2) is 27.7 Å². The van der Waals surface area contributed by atoms with Crippen molar-refractivity contribution < 1.29 is 27.3 Å². The first-order chi connectivity index (χ1) is 19.4. The monoisotopic (exact) mass is 626 g/mol. The van der Waals surface area contributed by atoms with E-state index in [0.717, 1.165) is 51.4 Å². The second-order valence-corrected chi connectivity index (χ2v) is 16.1. The topological polar surface area (TPSA) is 112 Å². The molecule has 8 heteroatoms. The van der Waals surface area contributed by atoms with Crippen molar-refractivity contribution in [1.29, 1.82) is 0 Å². The lowest BCUT2D eigenvalue weighted by molar-refractivity contribution is 0.355. The Bertz CT molecular complexity index is 1080. The van der Waals surface area contributed by atoms with Gasteiger partial charge in [-0.1, -0.05) is 69.9 Å². The quantitative estimate of drug-likeness (QED) is 0.0664. The van der Waals surface area contributed by atoms with Gasteiger partial charge in [0.2, 0.25) is 0 Å². The van der Waals surface area contributed by atoms with Gasteiger partial charge in [0.15, 0.2) is 4.99 Å². The van der Waals surface area contributed by atoms with Crippen LogP contribution in [0.15, 0.2) is 69.9 Å². The van der Waals surface area contributed by atoms with Crippen LogP contribution in [0.1, 0.15) is 132 Å². The van der Waals surface area contributed by atoms with Crippen molar-refractivity contribution in [1.82, 2.24) is 0 Å². The predicted molar refractivity (Wildman–Crippen MR) is 180 cm³/mol. The molecule has 0 aliphatic heterocycles. The van der Waals surface area contributed by atoms with E-state index in [1.807, 2.05) is 0 Å². The molecular formula is C34H59O6PS. The summed E-state index contributed by atoms with van der Waals surface area (Å²) in [5, 5.41) is 0. The summed E-state index contributed by atoms with van der Waals surface area (Å²) in [6.45, 7) is 17.0. The molecule has 0 heterocycles. The second kappa shape index (κ2) is 21.2. The third-order valence-electron chi connectivity index (χ3n) is 7.39. The van der Waals surface area contributed by atoms with Crippen LogP contribution in [0.4, 0.5) is 0 Å². The SMILES string of the molecule is CC(C)=CCCC(C)=CCCC(C)=CCC(CC=C(C)CCC=C(C)CCC=C(C)C)CCC(P(=O)(O)O)S(=O)(=O)O. The van der Waals surface area contributed by atoms with Crippen LogP contribution in [0.5, 0.6) is 0 Å². The van der Waals surface area contributed by atoms with E-state index in [4.69, 9.17) is 0 Å². The van der Waals surface area contributed by atoms with Crippen LogP contribution in [0, 0.1) is 5.92 Å². The fourth-order valence-electron chi connectivity index (χ4n) is 4.61. The van der Waals surface area contributed by atoms with E-state index in [-0.39, 0.29) is 18.8 Å². The van der Waals surface area contributed by atoms with Crippen molar-refractivity contribution in [2.45, 2.75) is 137 Å². The Morgan fingerprint density at radius 2 is 0.929 bits per heavy atom. The predicted octanol–water partition coefficient (Wildman–Crippen LogP) is 10.4. The lowest BCUT2D eigenvalue weighted by atomic mass is 9.93. The molecule has 0 bridgehead atoms. The van der Waals surface area contributed by atoms with Gasteiger partial charge in [-0.25, -0.2) is 0 Å². The van der Waals surface area contributed by atoms with Gasteiger partial charge in [0.25, 0.3) is 10.1 Å². The zero-order chi connectivity index (χ0) is 32.3. The summed E-state index contributed by atoms with van der Waals surface area (Å²) < 4.78 is 44.6. The third-order valence-corrected chi connectivity index (χ3v) is 10.9. The molecule has 6 nitrogen and oxygen atoms in total. The van der Waals surface area contributed by atoms with Crippen molar-refractivity contribution >= 4 is 17.7 Å². The molecule has 0 aromatic rings. The van der Waals surface area contributed by atoms with Gasteiger partial charge >= 0.3 is 7.60 Å². The van der Waals surface area contributed by atoms with Gasteiger partial charge in [0.1, 0.15) is 0 Å². The summed E-state index contributed by atoms with van der Waals surface area (Å²) >= 11 is 0. The largest absolute Gasteiger partial charge is 0.346 e. The molecule has 0 radical (unpaired) electrons. The molecule has 42 heavy (non-hydrogen) atoms. The molecule has 0 rings (SSSR count). The lowest BCUT2D eigenvalue weighted by Gasteiger charge is -2.19. The maximum atomic E-state index is 11.8. The standard InChI is InChI=1S/C34H59O6PS/c1-27(2)13-9-15-29(5)17-11-19-31(7)21-23-33(25-26-34(41(35,36)37)42(38,39)40)24-22-32(8)20-12-18-30(6)16-10-14-28(3)4/h13-14,17-18,21-22,33-34H,9-12,15-16,19-20,23-26H2,1-8H3,(H2,35,36,37)(H,38,39,40). The van der Waals surface area contributed by atoms with E-state index < -0.39 is 22.7 Å². The number of rotatable bonds is 21. The maximum Gasteiger partial charge on any atom is 0.346 e. The molecule has 0 fully saturated rings. The first-order valence-electron chi connectivity index (χ1n) is 15.3. The number of allylic oxidation sites excluding steroid dienone is 12. The number of hydrogen-bond acceptors (Lipinski definition) is 3. The Kier molecular flexibility index (Phi) is 20.5. The summed E-state index contributed by atoms with van der Waals surface area (Å²) in [5.74, 6) is 0.00778. The zero-order valence-corrected chi connectivity index (χ0v) is 29.2. The van der Waals surface area contributed by atoms with Gasteiger partial charge in [0, 0.05) is 0 Å². The minimum absolute atomic E-state index is 0.00778. The van der Waals surface area contributed by atoms with E-state index in [1.54, 1.807) is 0 Å². The van der Waals surface area contributed by atoms with Gasteiger partial charge in [-0.15, -0.1) is 0 Å². The van der Waals surface area contributed by atoms with Gasteiger partial charge in [-0.2, -0.15) is 8.42 Å². The molecule has 1 unspecified atom stereocenters. The van der Waals surface area contributed by atoms with Crippen molar-refractivity contribution in [3.8, 4) is 0 Å². The first-order valence-corrected chi connectivity index (χ1v) is 18.5. The van der Waals surface area contributed by atoms with E-state index in [2.05, 4.69) is 91.8 Å². The highest BCUT2D eigenvalue weighted by atomic mass is 32.2. The summed E-state index contributed by atoms with van der Waals surface area (Å²) in [6.07, 6.45) is 22.8. The average Bonchev–Trinajstić information content (AvgIpc) is 2.83. The molecular weight excluding hydrogens is 567 g/mol. The molecule has 242 valence electrons. The van der Waals surface area contributed by atoms with Crippen LogP contribution in [-0.2, 0) is 14.7 Å². The van der Waals surface area contributed by atoms with Crippen LogP contribution < -0.4 is 0 Å². The highest BCUT2D eigenvalue weighted by molar-refractivity contribution is 7.93. The van der Waals surface area contributed by atoms with Crippen molar-refractivity contribution in [3.63, 3.8) is 0 Å².